The molecule has 2 aromatic heterocycles. The summed E-state index contributed by atoms with van der Waals surface area (Å²) in [5, 5.41) is 7.40. The average Bonchev–Trinajstić information content (AvgIpc) is 3.08. The highest BCUT2D eigenvalue weighted by Gasteiger charge is 2.12. The fourth-order valence-corrected chi connectivity index (χ4v) is 3.24. The number of hydrogen-bond donors (Lipinski definition) is 1. The zero-order chi connectivity index (χ0) is 23.4. The maximum absolute atomic E-state index is 12.5. The number of carbonyl (C=O) groups is 1. The molecule has 0 atom stereocenters. The van der Waals surface area contributed by atoms with Crippen LogP contribution in [0.1, 0.15) is 34.2 Å². The molecule has 0 unspecified atom stereocenters. The lowest BCUT2D eigenvalue weighted by molar-refractivity contribution is 0.102. The van der Waals surface area contributed by atoms with Crippen molar-refractivity contribution in [2.24, 2.45) is 0 Å². The van der Waals surface area contributed by atoms with Crippen molar-refractivity contribution in [2.45, 2.75) is 27.7 Å². The van der Waals surface area contributed by atoms with Crippen LogP contribution in [-0.2, 0) is 0 Å². The van der Waals surface area contributed by atoms with Gasteiger partial charge in [0.05, 0.1) is 12.3 Å². The number of aromatic nitrogens is 4. The van der Waals surface area contributed by atoms with Crippen LogP contribution in [0.3, 0.4) is 0 Å². The molecule has 0 saturated carbocycles. The number of hydrogen-bond acceptors (Lipinski definition) is 6. The number of carbonyl (C=O) groups excluding carboxylic acids is 1. The number of rotatable bonds is 7. The summed E-state index contributed by atoms with van der Waals surface area (Å²) in [7, 11) is 0. The van der Waals surface area contributed by atoms with E-state index in [9.17, 15) is 4.79 Å². The molecule has 8 nitrogen and oxygen atoms in total. The predicted molar refractivity (Wildman–Crippen MR) is 125 cm³/mol. The van der Waals surface area contributed by atoms with Gasteiger partial charge in [-0.1, -0.05) is 0 Å². The molecule has 8 heteroatoms. The maximum atomic E-state index is 12.5. The number of anilines is 1. The Bertz CT molecular complexity index is 1260. The SMILES string of the molecule is CCOc1ccc(C(=O)Nc2ccc(Oc3cc(-n4nc(C)c(C)c4C)ncn3)cc2)cc1. The number of benzene rings is 2. The summed E-state index contributed by atoms with van der Waals surface area (Å²) in [4.78, 5) is 21.0. The van der Waals surface area contributed by atoms with Crippen LogP contribution in [0.5, 0.6) is 17.4 Å². The highest BCUT2D eigenvalue weighted by Crippen LogP contribution is 2.24. The van der Waals surface area contributed by atoms with Crippen LogP contribution in [0, 0.1) is 20.8 Å². The van der Waals surface area contributed by atoms with Gasteiger partial charge in [-0.05, 0) is 81.8 Å². The number of ether oxygens (including phenoxy) is 2. The van der Waals surface area contributed by atoms with Crippen molar-refractivity contribution in [1.82, 2.24) is 19.7 Å². The standard InChI is InChI=1S/C25H25N5O3/c1-5-32-21-10-6-19(7-11-21)25(31)28-20-8-12-22(13-9-20)33-24-14-23(26-15-27-24)30-18(4)16(2)17(3)29-30/h6-15H,5H2,1-4H3,(H,28,31). The lowest BCUT2D eigenvalue weighted by Crippen LogP contribution is -2.11. The second-order valence-electron chi connectivity index (χ2n) is 7.46. The molecule has 0 radical (unpaired) electrons. The Labute approximate surface area is 192 Å². The molecule has 168 valence electrons. The number of amides is 1. The number of nitrogens with one attached hydrogen (secondary N) is 1. The summed E-state index contributed by atoms with van der Waals surface area (Å²) in [5.74, 6) is 2.15. The molecule has 0 aliphatic rings. The van der Waals surface area contributed by atoms with Gasteiger partial charge in [0.15, 0.2) is 5.82 Å². The van der Waals surface area contributed by atoms with Crippen molar-refractivity contribution in [2.75, 3.05) is 11.9 Å². The minimum atomic E-state index is -0.202. The van der Waals surface area contributed by atoms with E-state index >= 15 is 0 Å². The quantitative estimate of drug-likeness (QED) is 0.431. The third-order valence-electron chi connectivity index (χ3n) is 5.26. The minimum Gasteiger partial charge on any atom is -0.494 e. The molecule has 1 N–H and O–H groups in total. The molecule has 0 aliphatic heterocycles. The van der Waals surface area contributed by atoms with Crippen LogP contribution in [0.25, 0.3) is 5.82 Å². The van der Waals surface area contributed by atoms with Gasteiger partial charge in [0.2, 0.25) is 5.88 Å². The summed E-state index contributed by atoms with van der Waals surface area (Å²) in [6.45, 7) is 8.49. The van der Waals surface area contributed by atoms with E-state index in [1.807, 2.05) is 27.7 Å². The Hall–Kier alpha value is -4.20. The Morgan fingerprint density at radius 1 is 0.970 bits per heavy atom. The van der Waals surface area contributed by atoms with Gasteiger partial charge in [0.25, 0.3) is 5.91 Å². The van der Waals surface area contributed by atoms with E-state index in [0.717, 1.165) is 22.7 Å². The Balaban J connectivity index is 1.42. The van der Waals surface area contributed by atoms with Crippen LogP contribution in [0.4, 0.5) is 5.69 Å². The third kappa shape index (κ3) is 5.01. The topological polar surface area (TPSA) is 91.2 Å². The first kappa shape index (κ1) is 22.0. The van der Waals surface area contributed by atoms with E-state index in [1.165, 1.54) is 6.33 Å². The van der Waals surface area contributed by atoms with Crippen molar-refractivity contribution in [3.8, 4) is 23.2 Å². The molecule has 1 amide bonds. The normalized spacial score (nSPS) is 10.7. The van der Waals surface area contributed by atoms with E-state index in [4.69, 9.17) is 9.47 Å². The summed E-state index contributed by atoms with van der Waals surface area (Å²) >= 11 is 0. The summed E-state index contributed by atoms with van der Waals surface area (Å²) in [5.41, 5.74) is 4.30. The molecular weight excluding hydrogens is 418 g/mol. The van der Waals surface area contributed by atoms with Crippen molar-refractivity contribution < 1.29 is 14.3 Å². The van der Waals surface area contributed by atoms with Gasteiger partial charge in [-0.15, -0.1) is 0 Å². The Morgan fingerprint density at radius 2 is 1.67 bits per heavy atom. The smallest absolute Gasteiger partial charge is 0.255 e. The van der Waals surface area contributed by atoms with E-state index in [0.29, 0.717) is 35.3 Å². The van der Waals surface area contributed by atoms with Gasteiger partial charge >= 0.3 is 0 Å². The van der Waals surface area contributed by atoms with Crippen molar-refractivity contribution >= 4 is 11.6 Å². The Morgan fingerprint density at radius 3 is 2.30 bits per heavy atom. The van der Waals surface area contributed by atoms with Crippen LogP contribution < -0.4 is 14.8 Å². The fourth-order valence-electron chi connectivity index (χ4n) is 3.24. The zero-order valence-electron chi connectivity index (χ0n) is 19.0. The van der Waals surface area contributed by atoms with Gasteiger partial charge in [-0.3, -0.25) is 4.79 Å². The second kappa shape index (κ2) is 9.52. The first-order valence-corrected chi connectivity index (χ1v) is 10.6. The van der Waals surface area contributed by atoms with E-state index in [2.05, 4.69) is 20.4 Å². The van der Waals surface area contributed by atoms with Gasteiger partial charge < -0.3 is 14.8 Å². The fraction of sp³-hybridized carbons (Fsp3) is 0.200. The van der Waals surface area contributed by atoms with Crippen molar-refractivity contribution in [3.05, 3.63) is 83.4 Å². The third-order valence-corrected chi connectivity index (χ3v) is 5.26. The van der Waals surface area contributed by atoms with Crippen LogP contribution in [0.15, 0.2) is 60.9 Å². The Kier molecular flexibility index (Phi) is 6.35. The minimum absolute atomic E-state index is 0.202. The van der Waals surface area contributed by atoms with Gasteiger partial charge in [-0.2, -0.15) is 5.10 Å². The second-order valence-corrected chi connectivity index (χ2v) is 7.46. The molecule has 0 aliphatic carbocycles. The summed E-state index contributed by atoms with van der Waals surface area (Å²) in [6, 6.07) is 15.8. The summed E-state index contributed by atoms with van der Waals surface area (Å²) in [6.07, 6.45) is 1.45. The molecule has 33 heavy (non-hydrogen) atoms. The highest BCUT2D eigenvalue weighted by molar-refractivity contribution is 6.04. The van der Waals surface area contributed by atoms with E-state index in [-0.39, 0.29) is 5.91 Å². The van der Waals surface area contributed by atoms with Gasteiger partial charge in [0.1, 0.15) is 17.8 Å². The first-order chi connectivity index (χ1) is 15.9. The van der Waals surface area contributed by atoms with E-state index < -0.39 is 0 Å². The molecule has 2 aromatic carbocycles. The largest absolute Gasteiger partial charge is 0.494 e. The van der Waals surface area contributed by atoms with Gasteiger partial charge in [0, 0.05) is 23.0 Å². The molecular formula is C25H25N5O3. The first-order valence-electron chi connectivity index (χ1n) is 10.6. The lowest BCUT2D eigenvalue weighted by atomic mass is 10.2. The molecule has 4 rings (SSSR count). The summed E-state index contributed by atoms with van der Waals surface area (Å²) < 4.78 is 13.1. The molecule has 0 bridgehead atoms. The zero-order valence-corrected chi connectivity index (χ0v) is 19.0. The monoisotopic (exact) mass is 443 g/mol. The molecule has 0 saturated heterocycles. The van der Waals surface area contributed by atoms with Crippen molar-refractivity contribution in [3.63, 3.8) is 0 Å². The number of aryl methyl sites for hydroxylation is 1. The molecule has 0 spiro atoms. The molecule has 2 heterocycles. The van der Waals surface area contributed by atoms with Crippen LogP contribution >= 0.6 is 0 Å². The van der Waals surface area contributed by atoms with Crippen LogP contribution in [0.2, 0.25) is 0 Å². The average molecular weight is 444 g/mol. The predicted octanol–water partition coefficient (Wildman–Crippen LogP) is 5.03. The molecule has 0 fully saturated rings. The van der Waals surface area contributed by atoms with E-state index in [1.54, 1.807) is 59.3 Å². The maximum Gasteiger partial charge on any atom is 0.255 e. The highest BCUT2D eigenvalue weighted by atomic mass is 16.5. The van der Waals surface area contributed by atoms with Gasteiger partial charge in [-0.25, -0.2) is 14.6 Å². The van der Waals surface area contributed by atoms with Crippen molar-refractivity contribution in [1.29, 1.82) is 0 Å². The lowest BCUT2D eigenvalue weighted by Gasteiger charge is -2.09. The van der Waals surface area contributed by atoms with Crippen LogP contribution in [-0.4, -0.2) is 32.3 Å². The molecule has 4 aromatic rings. The number of nitrogens with zero attached hydrogens (tertiary/aromatic N) is 4.